The average Bonchev–Trinajstić information content (AvgIpc) is 3.32. The van der Waals surface area contributed by atoms with Gasteiger partial charge in [-0.25, -0.2) is 10.1 Å². The van der Waals surface area contributed by atoms with Crippen molar-refractivity contribution < 1.29 is 23.4 Å². The lowest BCUT2D eigenvalue weighted by Crippen LogP contribution is -2.40. The van der Waals surface area contributed by atoms with Gasteiger partial charge in [0.05, 0.1) is 32.9 Å². The minimum Gasteiger partial charge on any atom is -0.479 e. The Bertz CT molecular complexity index is 1250. The largest absolute Gasteiger partial charge is 0.479 e. The van der Waals surface area contributed by atoms with Gasteiger partial charge in [0.15, 0.2) is 11.2 Å². The monoisotopic (exact) mass is 531 g/mol. The zero-order chi connectivity index (χ0) is 26.4. The summed E-state index contributed by atoms with van der Waals surface area (Å²) in [6.45, 7) is 5.14. The number of ether oxygens (including phenoxy) is 2. The van der Waals surface area contributed by atoms with Crippen molar-refractivity contribution in [1.82, 2.24) is 29.5 Å². The van der Waals surface area contributed by atoms with E-state index >= 15 is 0 Å². The quantitative estimate of drug-likeness (QED) is 0.278. The molecule has 0 bridgehead atoms. The van der Waals surface area contributed by atoms with E-state index in [1.807, 2.05) is 34.9 Å². The van der Waals surface area contributed by atoms with Gasteiger partial charge in [-0.1, -0.05) is 30.3 Å². The molecular weight excluding hydrogens is 497 g/mol. The molecule has 3 N–H and O–H groups in total. The number of nitrogens with one attached hydrogen (secondary N) is 1. The number of nitrogens with zero attached hydrogens (tertiary/aromatic N) is 5. The first-order valence-corrected chi connectivity index (χ1v) is 14.1. The summed E-state index contributed by atoms with van der Waals surface area (Å²) in [6, 6.07) is 8.90. The first-order chi connectivity index (χ1) is 17.8. The molecule has 3 aromatic rings. The zero-order valence-electron chi connectivity index (χ0n) is 21.4. The maximum Gasteiger partial charge on any atom is 0.323 e. The fraction of sp³-hybridized carbons (Fsp3) is 0.500. The molecule has 1 aliphatic heterocycles. The van der Waals surface area contributed by atoms with E-state index in [4.69, 9.17) is 19.7 Å². The Kier molecular flexibility index (Phi) is 8.75. The van der Waals surface area contributed by atoms with Crippen LogP contribution in [0, 0.1) is 0 Å². The van der Waals surface area contributed by atoms with Crippen molar-refractivity contribution in [3.8, 4) is 5.88 Å². The normalized spacial score (nSPS) is 17.4. The van der Waals surface area contributed by atoms with Gasteiger partial charge in [-0.15, -0.1) is 0 Å². The first-order valence-electron chi connectivity index (χ1n) is 12.3. The van der Waals surface area contributed by atoms with Gasteiger partial charge < -0.3 is 24.3 Å². The average molecular weight is 532 g/mol. The Morgan fingerprint density at radius 3 is 2.65 bits per heavy atom. The highest BCUT2D eigenvalue weighted by Gasteiger charge is 2.33. The molecule has 13 heteroatoms. The third-order valence-corrected chi connectivity index (χ3v) is 8.35. The topological polar surface area (TPSA) is 147 Å². The number of nitrogen functional groups attached to an aromatic ring is 1. The second kappa shape index (κ2) is 12.0. The number of likely N-dealkylation sites (tertiary alicyclic amines) is 1. The molecular formula is C24H34N7O5P. The van der Waals surface area contributed by atoms with Gasteiger partial charge in [0.25, 0.3) is 7.52 Å². The van der Waals surface area contributed by atoms with Crippen LogP contribution in [-0.4, -0.2) is 69.5 Å². The van der Waals surface area contributed by atoms with E-state index in [0.29, 0.717) is 30.1 Å². The van der Waals surface area contributed by atoms with Crippen LogP contribution in [0.3, 0.4) is 0 Å². The number of imidazole rings is 1. The molecule has 200 valence electrons. The van der Waals surface area contributed by atoms with E-state index in [1.165, 1.54) is 7.11 Å². The van der Waals surface area contributed by atoms with E-state index in [0.717, 1.165) is 18.4 Å². The molecule has 0 amide bonds. The predicted molar refractivity (Wildman–Crippen MR) is 139 cm³/mol. The third kappa shape index (κ3) is 6.64. The number of carbonyl (C=O) groups excluding carboxylic acids is 1. The van der Waals surface area contributed by atoms with Crippen LogP contribution in [0.5, 0.6) is 5.88 Å². The summed E-state index contributed by atoms with van der Waals surface area (Å²) in [5.74, 6) is 0.00670. The number of anilines is 1. The van der Waals surface area contributed by atoms with Crippen LogP contribution in [-0.2, 0) is 25.2 Å². The van der Waals surface area contributed by atoms with E-state index in [-0.39, 0.29) is 31.5 Å². The van der Waals surface area contributed by atoms with Gasteiger partial charge in [0, 0.05) is 19.1 Å². The van der Waals surface area contributed by atoms with Crippen LogP contribution < -0.4 is 15.6 Å². The number of nitrogens with two attached hydrogens (primary N) is 1. The number of fused-ring (bicyclic) bond motifs is 1. The van der Waals surface area contributed by atoms with Crippen LogP contribution in [0.15, 0.2) is 36.7 Å². The van der Waals surface area contributed by atoms with Crippen LogP contribution in [0.25, 0.3) is 11.2 Å². The van der Waals surface area contributed by atoms with Crippen LogP contribution in [0.1, 0.15) is 38.3 Å². The summed E-state index contributed by atoms with van der Waals surface area (Å²) < 4.78 is 32.3. The molecule has 2 atom stereocenters. The van der Waals surface area contributed by atoms with Crippen molar-refractivity contribution in [2.45, 2.75) is 45.4 Å². The molecule has 0 aliphatic carbocycles. The predicted octanol–water partition coefficient (Wildman–Crippen LogP) is 2.96. The summed E-state index contributed by atoms with van der Waals surface area (Å²) in [7, 11) is -1.90. The number of piperidine rings is 1. The van der Waals surface area contributed by atoms with Crippen molar-refractivity contribution in [2.24, 2.45) is 0 Å². The molecule has 1 aromatic carbocycles. The number of hydrogen-bond donors (Lipinski definition) is 2. The molecule has 4 rings (SSSR count). The van der Waals surface area contributed by atoms with Crippen LogP contribution in [0.2, 0.25) is 0 Å². The number of carbonyl (C=O) groups is 1. The Balaban J connectivity index is 1.44. The minimum atomic E-state index is -3.42. The van der Waals surface area contributed by atoms with Crippen LogP contribution in [0.4, 0.5) is 5.95 Å². The van der Waals surface area contributed by atoms with Crippen molar-refractivity contribution in [3.63, 3.8) is 0 Å². The van der Waals surface area contributed by atoms with Crippen molar-refractivity contribution in [3.05, 3.63) is 42.2 Å². The number of aromatic nitrogens is 4. The molecule has 37 heavy (non-hydrogen) atoms. The smallest absolute Gasteiger partial charge is 0.323 e. The summed E-state index contributed by atoms with van der Waals surface area (Å²) >= 11 is 0. The second-order valence-electron chi connectivity index (χ2n) is 8.94. The van der Waals surface area contributed by atoms with Gasteiger partial charge in [-0.05, 0) is 32.3 Å². The maximum absolute atomic E-state index is 13.9. The number of hydrogen-bond acceptors (Lipinski definition) is 10. The van der Waals surface area contributed by atoms with Gasteiger partial charge >= 0.3 is 5.97 Å². The minimum absolute atomic E-state index is 0.127. The fourth-order valence-electron chi connectivity index (χ4n) is 4.41. The molecule has 3 heterocycles. The number of esters is 1. The summed E-state index contributed by atoms with van der Waals surface area (Å²) in [5, 5.41) is 2.93. The molecule has 0 saturated carbocycles. The molecule has 0 radical (unpaired) electrons. The standard InChI is InChI=1S/C24H34N7O5P/c1-4-35-23(32)17(2)29-37(33,36-14-18-8-6-5-7-9-18)16-30-12-10-19(11-13-30)31-15-26-20-21(31)27-24(25)28-22(20)34-3/h5-9,15,17,19H,4,10-14,16H2,1-3H3,(H,29,33)(H2,25,27,28)/t17-,37?/m1/s1. The van der Waals surface area contributed by atoms with E-state index in [9.17, 15) is 9.36 Å². The van der Waals surface area contributed by atoms with E-state index in [2.05, 4.69) is 24.9 Å². The van der Waals surface area contributed by atoms with Crippen molar-refractivity contribution >= 4 is 30.6 Å². The highest BCUT2D eigenvalue weighted by molar-refractivity contribution is 7.56. The highest BCUT2D eigenvalue weighted by Crippen LogP contribution is 2.45. The SMILES string of the molecule is CCOC(=O)[C@@H](C)NP(=O)(CN1CCC(n2cnc3c(OC)nc(N)nc32)CC1)OCc1ccccc1. The van der Waals surface area contributed by atoms with Crippen LogP contribution >= 0.6 is 7.52 Å². The summed E-state index contributed by atoms with van der Waals surface area (Å²) in [6.07, 6.45) is 3.47. The Labute approximate surface area is 216 Å². The van der Waals surface area contributed by atoms with Crippen molar-refractivity contribution in [2.75, 3.05) is 38.8 Å². The van der Waals surface area contributed by atoms with Gasteiger partial charge in [0.2, 0.25) is 11.8 Å². The second-order valence-corrected chi connectivity index (χ2v) is 11.1. The molecule has 0 spiro atoms. The fourth-order valence-corrected chi connectivity index (χ4v) is 6.51. The number of benzene rings is 1. The Morgan fingerprint density at radius 1 is 1.24 bits per heavy atom. The Hall–Kier alpha value is -3.05. The highest BCUT2D eigenvalue weighted by atomic mass is 31.2. The summed E-state index contributed by atoms with van der Waals surface area (Å²) in [5.41, 5.74) is 7.96. The van der Waals surface area contributed by atoms with Gasteiger partial charge in [-0.3, -0.25) is 14.3 Å². The lowest BCUT2D eigenvalue weighted by atomic mass is 10.1. The number of rotatable bonds is 11. The molecule has 1 fully saturated rings. The van der Waals surface area contributed by atoms with Crippen molar-refractivity contribution in [1.29, 1.82) is 0 Å². The molecule has 12 nitrogen and oxygen atoms in total. The lowest BCUT2D eigenvalue weighted by molar-refractivity contribution is -0.144. The summed E-state index contributed by atoms with van der Waals surface area (Å²) in [4.78, 5) is 27.2. The third-order valence-electron chi connectivity index (χ3n) is 6.25. The molecule has 1 aliphatic rings. The first kappa shape index (κ1) is 27.0. The molecule has 2 aromatic heterocycles. The lowest BCUT2D eigenvalue weighted by Gasteiger charge is -2.35. The maximum atomic E-state index is 13.9. The van der Waals surface area contributed by atoms with Gasteiger partial charge in [-0.2, -0.15) is 9.97 Å². The molecule has 1 saturated heterocycles. The Morgan fingerprint density at radius 2 is 1.97 bits per heavy atom. The van der Waals surface area contributed by atoms with E-state index in [1.54, 1.807) is 20.2 Å². The number of methoxy groups -OCH3 is 1. The molecule has 1 unspecified atom stereocenters. The zero-order valence-corrected chi connectivity index (χ0v) is 22.3. The van der Waals surface area contributed by atoms with Gasteiger partial charge in [0.1, 0.15) is 6.04 Å². The van der Waals surface area contributed by atoms with E-state index < -0.39 is 19.5 Å².